The van der Waals surface area contributed by atoms with Gasteiger partial charge in [0.1, 0.15) is 5.75 Å². The smallest absolute Gasteiger partial charge is 0.247 e. The highest BCUT2D eigenvalue weighted by atomic mass is 16.5. The molecule has 5 heteroatoms. The van der Waals surface area contributed by atoms with Crippen LogP contribution >= 0.6 is 0 Å². The van der Waals surface area contributed by atoms with Crippen LogP contribution < -0.4 is 10.1 Å². The highest BCUT2D eigenvalue weighted by Crippen LogP contribution is 2.35. The second-order valence-electron chi connectivity index (χ2n) is 5.09. The Morgan fingerprint density at radius 2 is 2.25 bits per heavy atom. The zero-order valence-corrected chi connectivity index (χ0v) is 11.8. The molecule has 1 aromatic heterocycles. The summed E-state index contributed by atoms with van der Waals surface area (Å²) >= 11 is 0. The fourth-order valence-corrected chi connectivity index (χ4v) is 2.80. The van der Waals surface area contributed by atoms with Crippen molar-refractivity contribution in [1.29, 1.82) is 0 Å². The molecule has 0 saturated carbocycles. The molecule has 1 aromatic carbocycles. The maximum absolute atomic E-state index is 5.52. The molecule has 106 valence electrons. The van der Waals surface area contributed by atoms with E-state index in [4.69, 9.17) is 9.26 Å². The number of para-hydroxylation sites is 1. The molecule has 2 aromatic rings. The van der Waals surface area contributed by atoms with Crippen LogP contribution in [0, 0.1) is 0 Å². The summed E-state index contributed by atoms with van der Waals surface area (Å²) in [5, 5.41) is 7.63. The summed E-state index contributed by atoms with van der Waals surface area (Å²) in [5.74, 6) is 2.02. The van der Waals surface area contributed by atoms with Gasteiger partial charge in [0, 0.05) is 0 Å². The van der Waals surface area contributed by atoms with E-state index >= 15 is 0 Å². The van der Waals surface area contributed by atoms with E-state index in [2.05, 4.69) is 22.4 Å². The molecule has 3 rings (SSSR count). The Morgan fingerprint density at radius 3 is 2.95 bits per heavy atom. The number of rotatable bonds is 4. The number of benzene rings is 1. The zero-order valence-electron chi connectivity index (χ0n) is 11.8. The molecule has 5 nitrogen and oxygen atoms in total. The number of nitrogens with zero attached hydrogens (tertiary/aromatic N) is 2. The first-order valence-corrected chi connectivity index (χ1v) is 7.02. The van der Waals surface area contributed by atoms with Crippen LogP contribution in [-0.2, 0) is 5.54 Å². The summed E-state index contributed by atoms with van der Waals surface area (Å²) in [7, 11) is 1.64. The number of hydrogen-bond acceptors (Lipinski definition) is 5. The Balaban J connectivity index is 1.98. The SMILES string of the molecule is CCC1(c2nc(-c3ccccc3OC)no2)CCCN1. The zero-order chi connectivity index (χ0) is 14.0. The van der Waals surface area contributed by atoms with E-state index in [9.17, 15) is 0 Å². The van der Waals surface area contributed by atoms with Crippen LogP contribution in [-0.4, -0.2) is 23.8 Å². The first-order chi connectivity index (χ1) is 9.79. The van der Waals surface area contributed by atoms with Crippen molar-refractivity contribution in [2.45, 2.75) is 31.7 Å². The van der Waals surface area contributed by atoms with E-state index in [1.54, 1.807) is 7.11 Å². The van der Waals surface area contributed by atoms with E-state index in [-0.39, 0.29) is 5.54 Å². The molecule has 1 saturated heterocycles. The van der Waals surface area contributed by atoms with Gasteiger partial charge >= 0.3 is 0 Å². The van der Waals surface area contributed by atoms with Crippen LogP contribution in [0.15, 0.2) is 28.8 Å². The van der Waals surface area contributed by atoms with Crippen molar-refractivity contribution in [3.8, 4) is 17.1 Å². The lowest BCUT2D eigenvalue weighted by molar-refractivity contribution is 0.250. The molecular formula is C15H19N3O2. The van der Waals surface area contributed by atoms with Crippen molar-refractivity contribution in [2.24, 2.45) is 0 Å². The maximum Gasteiger partial charge on any atom is 0.247 e. The molecule has 1 N–H and O–H groups in total. The van der Waals surface area contributed by atoms with Gasteiger partial charge in [-0.1, -0.05) is 24.2 Å². The second kappa shape index (κ2) is 5.25. The molecule has 0 radical (unpaired) electrons. The van der Waals surface area contributed by atoms with E-state index in [1.807, 2.05) is 24.3 Å². The van der Waals surface area contributed by atoms with Gasteiger partial charge in [0.2, 0.25) is 11.7 Å². The minimum Gasteiger partial charge on any atom is -0.496 e. The Kier molecular flexibility index (Phi) is 3.44. The number of aromatic nitrogens is 2. The third kappa shape index (κ3) is 2.08. The molecular weight excluding hydrogens is 254 g/mol. The molecule has 1 atom stereocenters. The van der Waals surface area contributed by atoms with Gasteiger partial charge in [-0.05, 0) is 37.9 Å². The lowest BCUT2D eigenvalue weighted by Crippen LogP contribution is -2.36. The van der Waals surface area contributed by atoms with Gasteiger partial charge in [0.25, 0.3) is 0 Å². The third-order valence-electron chi connectivity index (χ3n) is 4.03. The number of nitrogens with one attached hydrogen (secondary N) is 1. The van der Waals surface area contributed by atoms with E-state index in [0.29, 0.717) is 11.7 Å². The first-order valence-electron chi connectivity index (χ1n) is 7.02. The van der Waals surface area contributed by atoms with Crippen LogP contribution in [0.25, 0.3) is 11.4 Å². The van der Waals surface area contributed by atoms with Crippen molar-refractivity contribution in [2.75, 3.05) is 13.7 Å². The summed E-state index contributed by atoms with van der Waals surface area (Å²) < 4.78 is 10.9. The van der Waals surface area contributed by atoms with Crippen LogP contribution in [0.5, 0.6) is 5.75 Å². The fourth-order valence-electron chi connectivity index (χ4n) is 2.80. The molecule has 0 amide bonds. The van der Waals surface area contributed by atoms with Gasteiger partial charge in [0.15, 0.2) is 0 Å². The van der Waals surface area contributed by atoms with E-state index in [1.165, 1.54) is 0 Å². The number of hydrogen-bond donors (Lipinski definition) is 1. The normalized spacial score (nSPS) is 22.1. The summed E-state index contributed by atoms with van der Waals surface area (Å²) in [6.45, 7) is 3.14. The average molecular weight is 273 g/mol. The molecule has 0 bridgehead atoms. The number of ether oxygens (including phenoxy) is 1. The molecule has 1 aliphatic heterocycles. The van der Waals surface area contributed by atoms with Gasteiger partial charge in [0.05, 0.1) is 18.2 Å². The van der Waals surface area contributed by atoms with E-state index < -0.39 is 0 Å². The predicted molar refractivity (Wildman–Crippen MR) is 75.5 cm³/mol. The average Bonchev–Trinajstić information content (AvgIpc) is 3.16. The Labute approximate surface area is 118 Å². The molecule has 20 heavy (non-hydrogen) atoms. The minimum atomic E-state index is -0.159. The van der Waals surface area contributed by atoms with Crippen molar-refractivity contribution in [3.05, 3.63) is 30.2 Å². The molecule has 1 aliphatic rings. The summed E-state index contributed by atoms with van der Waals surface area (Å²) in [6.07, 6.45) is 3.12. The molecule has 1 unspecified atom stereocenters. The monoisotopic (exact) mass is 273 g/mol. The Morgan fingerprint density at radius 1 is 1.40 bits per heavy atom. The molecule has 0 spiro atoms. The van der Waals surface area contributed by atoms with Gasteiger partial charge in [-0.15, -0.1) is 0 Å². The summed E-state index contributed by atoms with van der Waals surface area (Å²) in [6, 6.07) is 7.70. The van der Waals surface area contributed by atoms with Crippen LogP contribution in [0.1, 0.15) is 32.1 Å². The molecule has 1 fully saturated rings. The summed E-state index contributed by atoms with van der Waals surface area (Å²) in [5.41, 5.74) is 0.696. The molecule has 0 aliphatic carbocycles. The highest BCUT2D eigenvalue weighted by Gasteiger charge is 2.39. The van der Waals surface area contributed by atoms with Gasteiger partial charge < -0.3 is 14.6 Å². The van der Waals surface area contributed by atoms with Crippen molar-refractivity contribution < 1.29 is 9.26 Å². The van der Waals surface area contributed by atoms with Gasteiger partial charge in [-0.2, -0.15) is 4.98 Å². The van der Waals surface area contributed by atoms with Gasteiger partial charge in [-0.3, -0.25) is 0 Å². The topological polar surface area (TPSA) is 60.2 Å². The maximum atomic E-state index is 5.52. The largest absolute Gasteiger partial charge is 0.496 e. The fraction of sp³-hybridized carbons (Fsp3) is 0.467. The van der Waals surface area contributed by atoms with Crippen LogP contribution in [0.2, 0.25) is 0 Å². The Bertz CT molecular complexity index is 588. The number of methoxy groups -OCH3 is 1. The third-order valence-corrected chi connectivity index (χ3v) is 4.03. The van der Waals surface area contributed by atoms with E-state index in [0.717, 1.165) is 37.1 Å². The second-order valence-corrected chi connectivity index (χ2v) is 5.09. The standard InChI is InChI=1S/C15H19N3O2/c1-3-15(9-6-10-16-15)14-17-13(18-20-14)11-7-4-5-8-12(11)19-2/h4-5,7-8,16H,3,6,9-10H2,1-2H3. The lowest BCUT2D eigenvalue weighted by Gasteiger charge is -2.22. The van der Waals surface area contributed by atoms with Crippen molar-refractivity contribution >= 4 is 0 Å². The highest BCUT2D eigenvalue weighted by molar-refractivity contribution is 5.63. The van der Waals surface area contributed by atoms with Crippen LogP contribution in [0.4, 0.5) is 0 Å². The summed E-state index contributed by atoms with van der Waals surface area (Å²) in [4.78, 5) is 4.59. The molecule has 2 heterocycles. The quantitative estimate of drug-likeness (QED) is 0.928. The van der Waals surface area contributed by atoms with Crippen molar-refractivity contribution in [3.63, 3.8) is 0 Å². The van der Waals surface area contributed by atoms with Gasteiger partial charge in [-0.25, -0.2) is 0 Å². The van der Waals surface area contributed by atoms with Crippen LogP contribution in [0.3, 0.4) is 0 Å². The minimum absolute atomic E-state index is 0.159. The predicted octanol–water partition coefficient (Wildman–Crippen LogP) is 2.73. The Hall–Kier alpha value is -1.88. The first kappa shape index (κ1) is 13.1. The lowest BCUT2D eigenvalue weighted by atomic mass is 9.94. The van der Waals surface area contributed by atoms with Crippen molar-refractivity contribution in [1.82, 2.24) is 15.5 Å².